The highest BCUT2D eigenvalue weighted by atomic mass is 16.6. The van der Waals surface area contributed by atoms with Crippen LogP contribution in [-0.4, -0.2) is 80.6 Å². The predicted octanol–water partition coefficient (Wildman–Crippen LogP) is 17.3. The van der Waals surface area contributed by atoms with E-state index in [1.807, 2.05) is 21.1 Å². The molecule has 0 saturated heterocycles. The molecule has 0 aromatic heterocycles. The molecular weight excluding hydrogens is 847 g/mol. The van der Waals surface area contributed by atoms with Gasteiger partial charge in [0.15, 0.2) is 12.1 Å². The van der Waals surface area contributed by atoms with Crippen LogP contribution in [0.25, 0.3) is 0 Å². The molecule has 0 aliphatic carbocycles. The molecule has 0 aromatic rings. The second-order valence-electron chi connectivity index (χ2n) is 20.9. The summed E-state index contributed by atoms with van der Waals surface area (Å²) in [6, 6.07) is -0.614. The molecule has 0 spiro atoms. The van der Waals surface area contributed by atoms with Crippen LogP contribution in [0.3, 0.4) is 0 Å². The second kappa shape index (κ2) is 50.9. The lowest BCUT2D eigenvalue weighted by molar-refractivity contribution is -0.887. The number of allylic oxidation sites excluding steroid dienone is 6. The number of rotatable bonds is 53. The first kappa shape index (κ1) is 65.5. The van der Waals surface area contributed by atoms with Crippen molar-refractivity contribution in [2.45, 2.75) is 289 Å². The number of carboxylic acid groups (broad SMARTS) is 1. The Kier molecular flexibility index (Phi) is 49.1. The SMILES string of the molecule is CC/C=C/C/C=C/C/C=C/CCCCCCCCCCCCCCCC(=O)OC(COCCC(C(=O)O)[N+](C)(C)C)COC(=O)CCCCCCCCCCCCCCCCCCCCCCC. The molecule has 0 bridgehead atoms. The molecule has 0 aliphatic rings. The molecular formula is C60H112NO7+. The van der Waals surface area contributed by atoms with Gasteiger partial charge in [0.05, 0.1) is 34.4 Å². The summed E-state index contributed by atoms with van der Waals surface area (Å²) in [6.45, 7) is 4.68. The number of ether oxygens (including phenoxy) is 3. The third kappa shape index (κ3) is 48.6. The van der Waals surface area contributed by atoms with Crippen LogP contribution in [0.5, 0.6) is 0 Å². The van der Waals surface area contributed by atoms with Crippen LogP contribution in [0.15, 0.2) is 36.5 Å². The Morgan fingerprint density at radius 2 is 0.824 bits per heavy atom. The molecule has 1 N–H and O–H groups in total. The molecule has 0 saturated carbocycles. The van der Waals surface area contributed by atoms with E-state index < -0.39 is 18.1 Å². The van der Waals surface area contributed by atoms with Crippen molar-refractivity contribution < 1.29 is 38.2 Å². The number of carbonyl (C=O) groups is 3. The van der Waals surface area contributed by atoms with Gasteiger partial charge in [-0.3, -0.25) is 9.59 Å². The predicted molar refractivity (Wildman–Crippen MR) is 289 cm³/mol. The van der Waals surface area contributed by atoms with Gasteiger partial charge in [-0.15, -0.1) is 0 Å². The molecule has 0 amide bonds. The number of aliphatic carboxylic acids is 1. The summed E-state index contributed by atoms with van der Waals surface area (Å²) in [4.78, 5) is 37.3. The average Bonchev–Trinajstić information content (AvgIpc) is 3.30. The molecule has 398 valence electrons. The van der Waals surface area contributed by atoms with Crippen LogP contribution in [0.4, 0.5) is 0 Å². The third-order valence-corrected chi connectivity index (χ3v) is 13.3. The van der Waals surface area contributed by atoms with E-state index in [1.54, 1.807) is 0 Å². The lowest BCUT2D eigenvalue weighted by atomic mass is 10.0. The van der Waals surface area contributed by atoms with E-state index in [1.165, 1.54) is 186 Å². The van der Waals surface area contributed by atoms with Crippen LogP contribution in [0.2, 0.25) is 0 Å². The highest BCUT2D eigenvalue weighted by molar-refractivity contribution is 5.72. The number of hydrogen-bond donors (Lipinski definition) is 1. The van der Waals surface area contributed by atoms with Crippen LogP contribution in [-0.2, 0) is 28.6 Å². The van der Waals surface area contributed by atoms with Crippen molar-refractivity contribution >= 4 is 17.9 Å². The molecule has 0 aliphatic heterocycles. The summed E-state index contributed by atoms with van der Waals surface area (Å²) in [7, 11) is 5.55. The minimum absolute atomic E-state index is 0.0464. The van der Waals surface area contributed by atoms with Gasteiger partial charge >= 0.3 is 17.9 Å². The summed E-state index contributed by atoms with van der Waals surface area (Å²) in [5.74, 6) is -1.45. The van der Waals surface area contributed by atoms with E-state index in [2.05, 4.69) is 50.3 Å². The van der Waals surface area contributed by atoms with E-state index >= 15 is 0 Å². The van der Waals surface area contributed by atoms with E-state index in [9.17, 15) is 19.5 Å². The second-order valence-corrected chi connectivity index (χ2v) is 20.9. The van der Waals surface area contributed by atoms with Gasteiger partial charge in [-0.2, -0.15) is 0 Å². The first-order valence-electron chi connectivity index (χ1n) is 29.0. The standard InChI is InChI=1S/C60H111NO7/c1-6-8-10-12-14-16-18-20-22-24-26-28-29-31-33-35-37-39-41-43-45-47-49-51-59(63)68-56(54-66-53-52-57(60(64)65)61(3,4)5)55-67-58(62)50-48-46-44-42-40-38-36-34-32-30-27-25-23-21-19-17-15-13-11-9-7-2/h8,10,14,16,20,22,56-57H,6-7,9,11-13,15,17-19,21,23-55H2,1-5H3/p+1/b10-8+,16-14+,22-20+. The first-order chi connectivity index (χ1) is 33.1. The fourth-order valence-electron chi connectivity index (χ4n) is 8.87. The maximum Gasteiger partial charge on any atom is 0.362 e. The lowest BCUT2D eigenvalue weighted by Gasteiger charge is -2.31. The van der Waals surface area contributed by atoms with E-state index in [0.717, 1.165) is 57.8 Å². The van der Waals surface area contributed by atoms with Crippen molar-refractivity contribution in [3.8, 4) is 0 Å². The van der Waals surface area contributed by atoms with Gasteiger partial charge in [-0.1, -0.05) is 249 Å². The molecule has 0 heterocycles. The van der Waals surface area contributed by atoms with E-state index in [4.69, 9.17) is 14.2 Å². The highest BCUT2D eigenvalue weighted by Crippen LogP contribution is 2.17. The van der Waals surface area contributed by atoms with E-state index in [-0.39, 0.29) is 36.2 Å². The van der Waals surface area contributed by atoms with Crippen LogP contribution in [0.1, 0.15) is 277 Å². The normalized spacial score (nSPS) is 13.0. The number of likely N-dealkylation sites (N-methyl/N-ethyl adjacent to an activating group) is 1. The van der Waals surface area contributed by atoms with Crippen molar-refractivity contribution in [1.29, 1.82) is 0 Å². The Hall–Kier alpha value is -2.45. The zero-order valence-corrected chi connectivity index (χ0v) is 45.6. The van der Waals surface area contributed by atoms with Crippen LogP contribution in [0, 0.1) is 0 Å². The molecule has 0 fully saturated rings. The smallest absolute Gasteiger partial charge is 0.362 e. The molecule has 68 heavy (non-hydrogen) atoms. The maximum atomic E-state index is 12.8. The molecule has 8 heteroatoms. The van der Waals surface area contributed by atoms with Crippen molar-refractivity contribution in [3.05, 3.63) is 36.5 Å². The Morgan fingerprint density at radius 1 is 0.456 bits per heavy atom. The number of quaternary nitrogens is 1. The van der Waals surface area contributed by atoms with Gasteiger partial charge < -0.3 is 23.8 Å². The summed E-state index contributed by atoms with van der Waals surface area (Å²) in [5, 5.41) is 9.68. The molecule has 0 aromatic carbocycles. The Bertz CT molecular complexity index is 1210. The van der Waals surface area contributed by atoms with Crippen molar-refractivity contribution in [1.82, 2.24) is 0 Å². The van der Waals surface area contributed by atoms with Crippen molar-refractivity contribution in [3.63, 3.8) is 0 Å². The average molecular weight is 960 g/mol. The zero-order chi connectivity index (χ0) is 49.9. The zero-order valence-electron chi connectivity index (χ0n) is 45.6. The molecule has 0 radical (unpaired) electrons. The van der Waals surface area contributed by atoms with Gasteiger partial charge in [0.25, 0.3) is 0 Å². The minimum Gasteiger partial charge on any atom is -0.477 e. The molecule has 2 atom stereocenters. The van der Waals surface area contributed by atoms with Crippen molar-refractivity contribution in [2.75, 3.05) is 41.0 Å². The summed E-state index contributed by atoms with van der Waals surface area (Å²) >= 11 is 0. The fraction of sp³-hybridized carbons (Fsp3) is 0.850. The van der Waals surface area contributed by atoms with E-state index in [0.29, 0.717) is 19.3 Å². The number of nitrogens with zero attached hydrogens (tertiary/aromatic N) is 1. The monoisotopic (exact) mass is 959 g/mol. The largest absolute Gasteiger partial charge is 0.477 e. The molecule has 0 rings (SSSR count). The maximum absolute atomic E-state index is 12.8. The number of unbranched alkanes of at least 4 members (excludes halogenated alkanes) is 33. The Labute approximate surface area is 421 Å². The van der Waals surface area contributed by atoms with Gasteiger partial charge in [0, 0.05) is 19.3 Å². The number of carboxylic acids is 1. The Balaban J connectivity index is 4.13. The summed E-state index contributed by atoms with van der Waals surface area (Å²) in [5.41, 5.74) is 0. The molecule has 8 nitrogen and oxygen atoms in total. The summed E-state index contributed by atoms with van der Waals surface area (Å²) in [6.07, 6.45) is 62.1. The number of hydrogen-bond acceptors (Lipinski definition) is 6. The number of carbonyl (C=O) groups excluding carboxylic acids is 2. The van der Waals surface area contributed by atoms with Gasteiger partial charge in [-0.05, 0) is 44.9 Å². The van der Waals surface area contributed by atoms with Crippen LogP contribution < -0.4 is 0 Å². The van der Waals surface area contributed by atoms with Gasteiger partial charge in [0.1, 0.15) is 6.61 Å². The quantitative estimate of drug-likeness (QED) is 0.0281. The fourth-order valence-corrected chi connectivity index (χ4v) is 8.87. The van der Waals surface area contributed by atoms with Gasteiger partial charge in [-0.25, -0.2) is 4.79 Å². The Morgan fingerprint density at radius 3 is 1.22 bits per heavy atom. The lowest BCUT2D eigenvalue weighted by Crippen LogP contribution is -2.50. The first-order valence-corrected chi connectivity index (χ1v) is 29.0. The van der Waals surface area contributed by atoms with Gasteiger partial charge in [0.2, 0.25) is 0 Å². The molecule has 2 unspecified atom stereocenters. The number of esters is 2. The van der Waals surface area contributed by atoms with Crippen molar-refractivity contribution in [2.24, 2.45) is 0 Å². The topological polar surface area (TPSA) is 99.1 Å². The third-order valence-electron chi connectivity index (χ3n) is 13.3. The van der Waals surface area contributed by atoms with Crippen LogP contribution >= 0.6 is 0 Å². The highest BCUT2D eigenvalue weighted by Gasteiger charge is 2.31. The summed E-state index contributed by atoms with van der Waals surface area (Å²) < 4.78 is 17.4. The minimum atomic E-state index is -0.871.